The van der Waals surface area contributed by atoms with Crippen LogP contribution in [0.15, 0.2) is 34.9 Å². The minimum absolute atomic E-state index is 0.0912. The third-order valence-electron chi connectivity index (χ3n) is 3.60. The van der Waals surface area contributed by atoms with Gasteiger partial charge in [0, 0.05) is 30.1 Å². The van der Waals surface area contributed by atoms with Crippen LogP contribution >= 0.6 is 11.6 Å². The van der Waals surface area contributed by atoms with Crippen molar-refractivity contribution in [1.29, 1.82) is 0 Å². The number of benzene rings is 1. The molecule has 1 amide bonds. The Balaban J connectivity index is 1.85. The van der Waals surface area contributed by atoms with Gasteiger partial charge in [0.25, 0.3) is 0 Å². The first-order valence-corrected chi connectivity index (χ1v) is 7.53. The molecule has 1 atom stereocenters. The first-order chi connectivity index (χ1) is 10.5. The second-order valence-electron chi connectivity index (χ2n) is 5.30. The molecule has 0 spiro atoms. The number of aryl methyl sites for hydroxylation is 1. The Morgan fingerprint density at radius 3 is 2.82 bits per heavy atom. The molecular weight excluding hydrogens is 302 g/mol. The molecule has 0 bridgehead atoms. The fraction of sp³-hybridized carbons (Fsp3) is 0.375. The van der Waals surface area contributed by atoms with Crippen LogP contribution in [0.5, 0.6) is 0 Å². The number of aromatic nitrogens is 1. The summed E-state index contributed by atoms with van der Waals surface area (Å²) in [6.45, 7) is 4.47. The molecule has 6 heteroatoms. The molecule has 22 heavy (non-hydrogen) atoms. The lowest BCUT2D eigenvalue weighted by Gasteiger charge is -2.25. The number of halogens is 1. The van der Waals surface area contributed by atoms with Crippen molar-refractivity contribution in [2.45, 2.75) is 26.3 Å². The van der Waals surface area contributed by atoms with Crippen LogP contribution in [-0.4, -0.2) is 29.6 Å². The third-order valence-corrected chi connectivity index (χ3v) is 3.95. The Labute approximate surface area is 135 Å². The van der Waals surface area contributed by atoms with Gasteiger partial charge < -0.3 is 9.84 Å². The first kappa shape index (κ1) is 16.5. The van der Waals surface area contributed by atoms with Gasteiger partial charge in [0.2, 0.25) is 5.91 Å². The molecule has 0 fully saturated rings. The molecule has 2 rings (SSSR count). The molecule has 0 aliphatic heterocycles. The highest BCUT2D eigenvalue weighted by Crippen LogP contribution is 2.26. The van der Waals surface area contributed by atoms with Crippen LogP contribution in [0, 0.1) is 6.92 Å². The molecule has 2 aromatic rings. The van der Waals surface area contributed by atoms with Crippen molar-refractivity contribution in [3.8, 4) is 0 Å². The van der Waals surface area contributed by atoms with Crippen molar-refractivity contribution < 1.29 is 9.32 Å². The standard InChI is InChI=1S/C16H20ClN3O2/c1-11-10-15(19-22-11)18-16(21)8-9-20(3)12(2)13-6-4-5-7-14(13)17/h4-7,10,12H,8-9H2,1-3H3,(H,18,19,21)/t12-/m0/s1. The molecule has 1 aromatic carbocycles. The Morgan fingerprint density at radius 1 is 1.45 bits per heavy atom. The van der Waals surface area contributed by atoms with Crippen molar-refractivity contribution in [3.05, 3.63) is 46.7 Å². The molecule has 118 valence electrons. The monoisotopic (exact) mass is 321 g/mol. The summed E-state index contributed by atoms with van der Waals surface area (Å²) in [5.74, 6) is 1.02. The van der Waals surface area contributed by atoms with Gasteiger partial charge in [-0.1, -0.05) is 35.0 Å². The Bertz CT molecular complexity index is 642. The van der Waals surface area contributed by atoms with Gasteiger partial charge in [0.15, 0.2) is 5.82 Å². The summed E-state index contributed by atoms with van der Waals surface area (Å²) in [7, 11) is 1.97. The highest BCUT2D eigenvalue weighted by atomic mass is 35.5. The first-order valence-electron chi connectivity index (χ1n) is 7.15. The van der Waals surface area contributed by atoms with Gasteiger partial charge in [-0.25, -0.2) is 0 Å². The Morgan fingerprint density at radius 2 is 2.18 bits per heavy atom. The lowest BCUT2D eigenvalue weighted by atomic mass is 10.1. The van der Waals surface area contributed by atoms with Gasteiger partial charge in [-0.15, -0.1) is 0 Å². The van der Waals surface area contributed by atoms with Crippen molar-refractivity contribution in [1.82, 2.24) is 10.1 Å². The highest BCUT2D eigenvalue weighted by molar-refractivity contribution is 6.31. The number of rotatable bonds is 6. The van der Waals surface area contributed by atoms with Gasteiger partial charge in [0.05, 0.1) is 0 Å². The average Bonchev–Trinajstić information content (AvgIpc) is 2.89. The lowest BCUT2D eigenvalue weighted by Crippen LogP contribution is -2.27. The lowest BCUT2D eigenvalue weighted by molar-refractivity contribution is -0.116. The highest BCUT2D eigenvalue weighted by Gasteiger charge is 2.15. The van der Waals surface area contributed by atoms with E-state index in [0.717, 1.165) is 10.6 Å². The van der Waals surface area contributed by atoms with Gasteiger partial charge in [-0.3, -0.25) is 9.69 Å². The van der Waals surface area contributed by atoms with E-state index in [0.29, 0.717) is 24.5 Å². The molecule has 1 aromatic heterocycles. The maximum absolute atomic E-state index is 11.9. The van der Waals surface area contributed by atoms with E-state index in [4.69, 9.17) is 16.1 Å². The summed E-state index contributed by atoms with van der Waals surface area (Å²) < 4.78 is 4.91. The van der Waals surface area contributed by atoms with E-state index in [1.54, 1.807) is 13.0 Å². The normalized spacial score (nSPS) is 12.4. The van der Waals surface area contributed by atoms with Gasteiger partial charge in [-0.2, -0.15) is 0 Å². The number of carbonyl (C=O) groups is 1. The fourth-order valence-electron chi connectivity index (χ4n) is 2.15. The molecule has 5 nitrogen and oxygen atoms in total. The number of nitrogens with zero attached hydrogens (tertiary/aromatic N) is 2. The van der Waals surface area contributed by atoms with Crippen LogP contribution in [0.25, 0.3) is 0 Å². The van der Waals surface area contributed by atoms with Gasteiger partial charge in [-0.05, 0) is 32.5 Å². The number of anilines is 1. The molecule has 0 saturated heterocycles. The average molecular weight is 322 g/mol. The van der Waals surface area contributed by atoms with E-state index in [1.165, 1.54) is 0 Å². The molecule has 0 unspecified atom stereocenters. The van der Waals surface area contributed by atoms with Crippen molar-refractivity contribution in [2.24, 2.45) is 0 Å². The zero-order valence-electron chi connectivity index (χ0n) is 13.0. The van der Waals surface area contributed by atoms with Gasteiger partial charge in [0.1, 0.15) is 5.76 Å². The predicted molar refractivity (Wildman–Crippen MR) is 87.0 cm³/mol. The maximum atomic E-state index is 11.9. The summed E-state index contributed by atoms with van der Waals surface area (Å²) in [5.41, 5.74) is 1.05. The second-order valence-corrected chi connectivity index (χ2v) is 5.71. The van der Waals surface area contributed by atoms with Crippen LogP contribution in [0.4, 0.5) is 5.82 Å². The minimum Gasteiger partial charge on any atom is -0.360 e. The maximum Gasteiger partial charge on any atom is 0.226 e. The number of hydrogen-bond donors (Lipinski definition) is 1. The molecule has 0 radical (unpaired) electrons. The SMILES string of the molecule is Cc1cc(NC(=O)CCN(C)[C@@H](C)c2ccccc2Cl)no1. The summed E-state index contributed by atoms with van der Waals surface area (Å²) in [5, 5.41) is 7.19. The Kier molecular flexibility index (Phi) is 5.57. The van der Waals surface area contributed by atoms with Crippen molar-refractivity contribution in [2.75, 3.05) is 18.9 Å². The van der Waals surface area contributed by atoms with Crippen LogP contribution < -0.4 is 5.32 Å². The van der Waals surface area contributed by atoms with Crippen LogP contribution in [0.3, 0.4) is 0 Å². The number of carbonyl (C=O) groups excluding carboxylic acids is 1. The van der Waals surface area contributed by atoms with Gasteiger partial charge >= 0.3 is 0 Å². The summed E-state index contributed by atoms with van der Waals surface area (Å²) in [6.07, 6.45) is 0.372. The van der Waals surface area contributed by atoms with E-state index in [-0.39, 0.29) is 11.9 Å². The summed E-state index contributed by atoms with van der Waals surface area (Å²) in [4.78, 5) is 14.0. The van der Waals surface area contributed by atoms with Crippen LogP contribution in [0.2, 0.25) is 5.02 Å². The van der Waals surface area contributed by atoms with E-state index >= 15 is 0 Å². The smallest absolute Gasteiger partial charge is 0.226 e. The molecule has 0 aliphatic carbocycles. The van der Waals surface area contributed by atoms with E-state index in [1.807, 2.05) is 31.3 Å². The summed E-state index contributed by atoms with van der Waals surface area (Å²) in [6, 6.07) is 9.57. The molecule has 0 aliphatic rings. The third kappa shape index (κ3) is 4.32. The molecule has 0 saturated carbocycles. The fourth-order valence-corrected chi connectivity index (χ4v) is 2.45. The quantitative estimate of drug-likeness (QED) is 0.882. The van der Waals surface area contributed by atoms with E-state index < -0.39 is 0 Å². The second kappa shape index (κ2) is 7.42. The molecular formula is C16H20ClN3O2. The number of nitrogens with one attached hydrogen (secondary N) is 1. The largest absolute Gasteiger partial charge is 0.360 e. The zero-order chi connectivity index (χ0) is 16.1. The van der Waals surface area contributed by atoms with E-state index in [2.05, 4.69) is 22.3 Å². The number of amides is 1. The van der Waals surface area contributed by atoms with E-state index in [9.17, 15) is 4.79 Å². The topological polar surface area (TPSA) is 58.4 Å². The molecule has 1 heterocycles. The molecule has 1 N–H and O–H groups in total. The number of hydrogen-bond acceptors (Lipinski definition) is 4. The Hall–Kier alpha value is -1.85. The zero-order valence-corrected chi connectivity index (χ0v) is 13.7. The summed E-state index contributed by atoms with van der Waals surface area (Å²) >= 11 is 6.21. The van der Waals surface area contributed by atoms with Crippen molar-refractivity contribution >= 4 is 23.3 Å². The predicted octanol–water partition coefficient (Wildman–Crippen LogP) is 3.66. The van der Waals surface area contributed by atoms with Crippen LogP contribution in [-0.2, 0) is 4.79 Å². The minimum atomic E-state index is -0.0912. The van der Waals surface area contributed by atoms with Crippen molar-refractivity contribution in [3.63, 3.8) is 0 Å². The van der Waals surface area contributed by atoms with Crippen LogP contribution in [0.1, 0.15) is 30.7 Å².